The molecule has 5 heteroatoms. The van der Waals surface area contributed by atoms with Gasteiger partial charge in [0.15, 0.2) is 0 Å². The monoisotopic (exact) mass is 223 g/mol. The maximum Gasteiger partial charge on any atom is 0.135 e. The molecule has 2 aliphatic heterocycles. The van der Waals surface area contributed by atoms with Crippen LogP contribution in [0.25, 0.3) is 0 Å². The molecule has 1 N–H and O–H groups in total. The highest BCUT2D eigenvalue weighted by Crippen LogP contribution is 2.20. The first-order valence-corrected chi connectivity index (χ1v) is 5.99. The summed E-state index contributed by atoms with van der Waals surface area (Å²) in [7, 11) is 0. The van der Waals surface area contributed by atoms with Crippen LogP contribution in [0.2, 0.25) is 0 Å². The predicted octanol–water partition coefficient (Wildman–Crippen LogP) is 0.164. The maximum atomic E-state index is 9.55. The Morgan fingerprint density at radius 2 is 2.31 bits per heavy atom. The standard InChI is InChI=1S/C11H17N3O2/c15-9-1-3-14-10(12-13-11(14)6-9)5-8-2-4-16-7-8/h8-9,15H,1-7H2. The molecule has 5 nitrogen and oxygen atoms in total. The van der Waals surface area contributed by atoms with Gasteiger partial charge in [0.1, 0.15) is 11.6 Å². The SMILES string of the molecule is OC1CCn2c(nnc2CC2CCOC2)C1. The summed E-state index contributed by atoms with van der Waals surface area (Å²) in [5, 5.41) is 18.0. The highest BCUT2D eigenvalue weighted by molar-refractivity contribution is 5.01. The summed E-state index contributed by atoms with van der Waals surface area (Å²) < 4.78 is 7.54. The van der Waals surface area contributed by atoms with Gasteiger partial charge in [-0.15, -0.1) is 10.2 Å². The van der Waals surface area contributed by atoms with Crippen LogP contribution in [0.5, 0.6) is 0 Å². The number of rotatable bonds is 2. The first kappa shape index (κ1) is 10.2. The van der Waals surface area contributed by atoms with E-state index in [1.54, 1.807) is 0 Å². The fraction of sp³-hybridized carbons (Fsp3) is 0.818. The normalized spacial score (nSPS) is 29.3. The summed E-state index contributed by atoms with van der Waals surface area (Å²) in [6, 6.07) is 0. The van der Waals surface area contributed by atoms with Crippen molar-refractivity contribution in [3.8, 4) is 0 Å². The Morgan fingerprint density at radius 3 is 3.12 bits per heavy atom. The largest absolute Gasteiger partial charge is 0.393 e. The van der Waals surface area contributed by atoms with E-state index in [4.69, 9.17) is 4.74 Å². The van der Waals surface area contributed by atoms with Gasteiger partial charge in [0, 0.05) is 32.6 Å². The molecule has 0 saturated carbocycles. The van der Waals surface area contributed by atoms with E-state index >= 15 is 0 Å². The first-order chi connectivity index (χ1) is 7.83. The summed E-state index contributed by atoms with van der Waals surface area (Å²) in [4.78, 5) is 0. The third-order valence-corrected chi connectivity index (χ3v) is 3.50. The Hall–Kier alpha value is -0.940. The lowest BCUT2D eigenvalue weighted by Gasteiger charge is -2.20. The maximum absolute atomic E-state index is 9.55. The van der Waals surface area contributed by atoms with Gasteiger partial charge < -0.3 is 14.4 Å². The number of aliphatic hydroxyl groups is 1. The average Bonchev–Trinajstić information content (AvgIpc) is 2.89. The molecule has 0 radical (unpaired) electrons. The van der Waals surface area contributed by atoms with Gasteiger partial charge in [0.05, 0.1) is 6.10 Å². The van der Waals surface area contributed by atoms with E-state index in [-0.39, 0.29) is 6.10 Å². The van der Waals surface area contributed by atoms with E-state index in [9.17, 15) is 5.11 Å². The average molecular weight is 223 g/mol. The Kier molecular flexibility index (Phi) is 2.65. The number of ether oxygens (including phenoxy) is 1. The van der Waals surface area contributed by atoms with E-state index < -0.39 is 0 Å². The number of nitrogens with zero attached hydrogens (tertiary/aromatic N) is 3. The minimum absolute atomic E-state index is 0.237. The van der Waals surface area contributed by atoms with E-state index in [1.165, 1.54) is 0 Å². The molecule has 0 aliphatic carbocycles. The van der Waals surface area contributed by atoms with Crippen LogP contribution in [-0.2, 0) is 24.1 Å². The summed E-state index contributed by atoms with van der Waals surface area (Å²) in [6.45, 7) is 2.58. The first-order valence-electron chi connectivity index (χ1n) is 5.99. The Morgan fingerprint density at radius 1 is 1.38 bits per heavy atom. The van der Waals surface area contributed by atoms with Crippen LogP contribution < -0.4 is 0 Å². The van der Waals surface area contributed by atoms with E-state index in [0.717, 1.165) is 50.7 Å². The van der Waals surface area contributed by atoms with Crippen molar-refractivity contribution >= 4 is 0 Å². The third kappa shape index (κ3) is 1.85. The topological polar surface area (TPSA) is 60.2 Å². The van der Waals surface area contributed by atoms with Gasteiger partial charge in [-0.25, -0.2) is 0 Å². The molecule has 1 saturated heterocycles. The molecule has 2 unspecified atom stereocenters. The van der Waals surface area contributed by atoms with Gasteiger partial charge >= 0.3 is 0 Å². The van der Waals surface area contributed by atoms with Crippen molar-refractivity contribution in [1.82, 2.24) is 14.8 Å². The van der Waals surface area contributed by atoms with Crippen molar-refractivity contribution in [3.05, 3.63) is 11.6 Å². The van der Waals surface area contributed by atoms with Crippen molar-refractivity contribution in [2.45, 2.75) is 38.3 Å². The number of hydrogen-bond donors (Lipinski definition) is 1. The van der Waals surface area contributed by atoms with Gasteiger partial charge in [-0.3, -0.25) is 0 Å². The lowest BCUT2D eigenvalue weighted by atomic mass is 10.0. The van der Waals surface area contributed by atoms with Gasteiger partial charge in [-0.2, -0.15) is 0 Å². The smallest absolute Gasteiger partial charge is 0.135 e. The van der Waals surface area contributed by atoms with Crippen LogP contribution in [-0.4, -0.2) is 39.2 Å². The van der Waals surface area contributed by atoms with E-state index in [0.29, 0.717) is 12.3 Å². The molecule has 2 aliphatic rings. The van der Waals surface area contributed by atoms with Crippen LogP contribution in [0.1, 0.15) is 24.5 Å². The van der Waals surface area contributed by atoms with Crippen molar-refractivity contribution < 1.29 is 9.84 Å². The molecule has 0 amide bonds. The van der Waals surface area contributed by atoms with Gasteiger partial charge in [-0.05, 0) is 18.8 Å². The molecule has 2 atom stereocenters. The summed E-state index contributed by atoms with van der Waals surface area (Å²) >= 11 is 0. The van der Waals surface area contributed by atoms with Crippen LogP contribution in [0.3, 0.4) is 0 Å². The van der Waals surface area contributed by atoms with Crippen molar-refractivity contribution in [3.63, 3.8) is 0 Å². The van der Waals surface area contributed by atoms with E-state index in [1.807, 2.05) is 0 Å². The molecular weight excluding hydrogens is 206 g/mol. The van der Waals surface area contributed by atoms with Gasteiger partial charge in [0.25, 0.3) is 0 Å². The minimum Gasteiger partial charge on any atom is -0.393 e. The fourth-order valence-electron chi connectivity index (χ4n) is 2.53. The van der Waals surface area contributed by atoms with Crippen LogP contribution >= 0.6 is 0 Å². The highest BCUT2D eigenvalue weighted by Gasteiger charge is 2.24. The van der Waals surface area contributed by atoms with Crippen LogP contribution in [0, 0.1) is 5.92 Å². The zero-order valence-electron chi connectivity index (χ0n) is 9.30. The van der Waals surface area contributed by atoms with Crippen molar-refractivity contribution in [2.24, 2.45) is 5.92 Å². The Labute approximate surface area is 94.4 Å². The second kappa shape index (κ2) is 4.14. The molecule has 3 heterocycles. The number of aromatic nitrogens is 3. The number of aliphatic hydroxyl groups excluding tert-OH is 1. The van der Waals surface area contributed by atoms with Crippen LogP contribution in [0.4, 0.5) is 0 Å². The quantitative estimate of drug-likeness (QED) is 0.776. The molecular formula is C11H17N3O2. The summed E-state index contributed by atoms with van der Waals surface area (Å²) in [5.74, 6) is 2.60. The number of fused-ring (bicyclic) bond motifs is 1. The fourth-order valence-corrected chi connectivity index (χ4v) is 2.53. The van der Waals surface area contributed by atoms with Crippen LogP contribution in [0.15, 0.2) is 0 Å². The van der Waals surface area contributed by atoms with Crippen molar-refractivity contribution in [2.75, 3.05) is 13.2 Å². The summed E-state index contributed by atoms with van der Waals surface area (Å²) in [6.07, 6.45) is 3.32. The zero-order valence-corrected chi connectivity index (χ0v) is 9.30. The summed E-state index contributed by atoms with van der Waals surface area (Å²) in [5.41, 5.74) is 0. The predicted molar refractivity (Wildman–Crippen MR) is 57.0 cm³/mol. The molecule has 88 valence electrons. The molecule has 3 rings (SSSR count). The highest BCUT2D eigenvalue weighted by atomic mass is 16.5. The molecule has 0 bridgehead atoms. The lowest BCUT2D eigenvalue weighted by Crippen LogP contribution is -2.25. The molecule has 16 heavy (non-hydrogen) atoms. The molecule has 0 spiro atoms. The Bertz CT molecular complexity index is 371. The minimum atomic E-state index is -0.237. The molecule has 0 aromatic carbocycles. The lowest BCUT2D eigenvalue weighted by molar-refractivity contribution is 0.140. The molecule has 1 fully saturated rings. The molecule has 1 aromatic heterocycles. The zero-order chi connectivity index (χ0) is 11.0. The molecule has 1 aromatic rings. The van der Waals surface area contributed by atoms with Gasteiger partial charge in [0.2, 0.25) is 0 Å². The van der Waals surface area contributed by atoms with Crippen molar-refractivity contribution in [1.29, 1.82) is 0 Å². The third-order valence-electron chi connectivity index (χ3n) is 3.50. The Balaban J connectivity index is 1.75. The second-order valence-corrected chi connectivity index (χ2v) is 4.76. The van der Waals surface area contributed by atoms with Gasteiger partial charge in [-0.1, -0.05) is 0 Å². The second-order valence-electron chi connectivity index (χ2n) is 4.76. The van der Waals surface area contributed by atoms with E-state index in [2.05, 4.69) is 14.8 Å². The number of hydrogen-bond acceptors (Lipinski definition) is 4.